The van der Waals surface area contributed by atoms with E-state index in [0.29, 0.717) is 18.3 Å². The van der Waals surface area contributed by atoms with Gasteiger partial charge in [0.1, 0.15) is 18.0 Å². The number of aliphatic hydroxyl groups is 1. The van der Waals surface area contributed by atoms with Crippen LogP contribution in [0.3, 0.4) is 0 Å². The van der Waals surface area contributed by atoms with Crippen LogP contribution in [0.15, 0.2) is 0 Å². The summed E-state index contributed by atoms with van der Waals surface area (Å²) in [5, 5.41) is 11.5. The van der Waals surface area contributed by atoms with Gasteiger partial charge in [0.25, 0.3) is 0 Å². The SMILES string of the molecule is CC(=O)O[C@@H]1[C@@H]2O[C@@]3(CC[C@H]4[C@@](C)(C[C@@H](O)[C@H]5C(C)(C)CCC[C@@]54C)C3)[C@H]1CC(=O)[C@H]2C. The van der Waals surface area contributed by atoms with Gasteiger partial charge in [0.05, 0.1) is 11.7 Å². The minimum absolute atomic E-state index is 0.0408. The van der Waals surface area contributed by atoms with Crippen LogP contribution >= 0.6 is 0 Å². The van der Waals surface area contributed by atoms with E-state index in [-0.39, 0.29) is 58.1 Å². The Kier molecular flexibility index (Phi) is 5.02. The molecule has 0 aromatic carbocycles. The van der Waals surface area contributed by atoms with Crippen molar-refractivity contribution in [2.24, 2.45) is 39.9 Å². The summed E-state index contributed by atoms with van der Waals surface area (Å²) in [6.07, 6.45) is 6.69. The van der Waals surface area contributed by atoms with Crippen molar-refractivity contribution in [3.8, 4) is 0 Å². The average molecular weight is 447 g/mol. The van der Waals surface area contributed by atoms with Gasteiger partial charge >= 0.3 is 5.97 Å². The molecule has 0 aromatic rings. The van der Waals surface area contributed by atoms with Gasteiger partial charge < -0.3 is 14.6 Å². The van der Waals surface area contributed by atoms with Gasteiger partial charge in [-0.1, -0.05) is 41.0 Å². The van der Waals surface area contributed by atoms with Crippen molar-refractivity contribution in [3.63, 3.8) is 0 Å². The number of esters is 1. The molecule has 5 fully saturated rings. The van der Waals surface area contributed by atoms with Crippen molar-refractivity contribution in [1.29, 1.82) is 0 Å². The Labute approximate surface area is 193 Å². The predicted molar refractivity (Wildman–Crippen MR) is 121 cm³/mol. The molecule has 5 aliphatic rings. The van der Waals surface area contributed by atoms with Gasteiger partial charge in [-0.15, -0.1) is 0 Å². The van der Waals surface area contributed by atoms with Gasteiger partial charge in [-0.25, -0.2) is 0 Å². The molecule has 1 N–H and O–H groups in total. The Bertz CT molecular complexity index is 821. The second kappa shape index (κ2) is 7.04. The van der Waals surface area contributed by atoms with Crippen LogP contribution in [-0.2, 0) is 19.1 Å². The highest BCUT2D eigenvalue weighted by atomic mass is 16.6. The summed E-state index contributed by atoms with van der Waals surface area (Å²) in [5.74, 6) is 0.507. The van der Waals surface area contributed by atoms with Crippen LogP contribution < -0.4 is 0 Å². The van der Waals surface area contributed by atoms with E-state index < -0.39 is 5.60 Å². The van der Waals surface area contributed by atoms with E-state index >= 15 is 0 Å². The summed E-state index contributed by atoms with van der Waals surface area (Å²) >= 11 is 0. The molecule has 1 aliphatic heterocycles. The van der Waals surface area contributed by atoms with E-state index in [1.165, 1.54) is 26.2 Å². The Morgan fingerprint density at radius 3 is 2.56 bits per heavy atom. The molecule has 0 amide bonds. The molecule has 32 heavy (non-hydrogen) atoms. The summed E-state index contributed by atoms with van der Waals surface area (Å²) in [6, 6.07) is 0. The van der Waals surface area contributed by atoms with Crippen LogP contribution in [0, 0.1) is 39.9 Å². The maximum Gasteiger partial charge on any atom is 0.303 e. The molecule has 2 bridgehead atoms. The Hall–Kier alpha value is -0.940. The number of hydrogen-bond acceptors (Lipinski definition) is 5. The molecule has 5 nitrogen and oxygen atoms in total. The van der Waals surface area contributed by atoms with Gasteiger partial charge in [-0.05, 0) is 66.6 Å². The molecule has 0 aromatic heterocycles. The lowest BCUT2D eigenvalue weighted by molar-refractivity contribution is -0.228. The van der Waals surface area contributed by atoms with Crippen molar-refractivity contribution >= 4 is 11.8 Å². The number of hydrogen-bond donors (Lipinski definition) is 1. The topological polar surface area (TPSA) is 72.8 Å². The largest absolute Gasteiger partial charge is 0.459 e. The van der Waals surface area contributed by atoms with Gasteiger partial charge in [-0.3, -0.25) is 9.59 Å². The summed E-state index contributed by atoms with van der Waals surface area (Å²) < 4.78 is 12.6. The van der Waals surface area contributed by atoms with E-state index in [2.05, 4.69) is 27.7 Å². The van der Waals surface area contributed by atoms with Crippen LogP contribution in [0.1, 0.15) is 92.9 Å². The van der Waals surface area contributed by atoms with E-state index in [0.717, 1.165) is 25.7 Å². The standard InChI is InChI=1S/C27H42O5/c1-15-18(29)12-17-22(31-16(2)28)21(15)32-27(17)11-8-20-25(5,14-27)13-19(30)23-24(3,4)9-7-10-26(20,23)6/h15,17,19-23,30H,7-14H2,1-6H3/t15-,17+,19-,20+,21-,22+,23+,25+,26-,27-/m1/s1. The molecule has 0 radical (unpaired) electrons. The highest BCUT2D eigenvalue weighted by Gasteiger charge is 2.69. The maximum atomic E-state index is 12.8. The molecule has 5 heteroatoms. The lowest BCUT2D eigenvalue weighted by Gasteiger charge is -2.67. The fraction of sp³-hybridized carbons (Fsp3) is 0.926. The van der Waals surface area contributed by atoms with Crippen molar-refractivity contribution in [2.45, 2.75) is 117 Å². The predicted octanol–water partition coefficient (Wildman–Crippen LogP) is 4.68. The Morgan fingerprint density at radius 2 is 1.88 bits per heavy atom. The van der Waals surface area contributed by atoms with Crippen LogP contribution in [0.4, 0.5) is 0 Å². The lowest BCUT2D eigenvalue weighted by Crippen LogP contribution is -2.64. The number of aliphatic hydroxyl groups excluding tert-OH is 1. The summed E-state index contributed by atoms with van der Waals surface area (Å²) in [6.45, 7) is 12.9. The number of rotatable bonds is 1. The number of carbonyl (C=O) groups excluding carboxylic acids is 2. The molecule has 4 aliphatic carbocycles. The van der Waals surface area contributed by atoms with Gasteiger partial charge in [0.15, 0.2) is 0 Å². The van der Waals surface area contributed by atoms with Crippen LogP contribution in [0.2, 0.25) is 0 Å². The molecule has 5 rings (SSSR count). The molecular weight excluding hydrogens is 404 g/mol. The summed E-state index contributed by atoms with van der Waals surface area (Å²) in [4.78, 5) is 24.7. The first-order chi connectivity index (χ1) is 14.8. The number of carbonyl (C=O) groups is 2. The van der Waals surface area contributed by atoms with Crippen LogP contribution in [0.5, 0.6) is 0 Å². The van der Waals surface area contributed by atoms with E-state index in [1.54, 1.807) is 0 Å². The molecule has 0 unspecified atom stereocenters. The summed E-state index contributed by atoms with van der Waals surface area (Å²) in [7, 11) is 0. The number of ketones is 1. The van der Waals surface area contributed by atoms with E-state index in [4.69, 9.17) is 9.47 Å². The molecule has 10 atom stereocenters. The zero-order valence-electron chi connectivity index (χ0n) is 20.8. The molecule has 1 spiro atoms. The Morgan fingerprint density at radius 1 is 1.16 bits per heavy atom. The number of Topliss-reactive ketones (excluding diaryl/α,β-unsaturated/α-hetero) is 1. The molecule has 4 saturated carbocycles. The first-order valence-corrected chi connectivity index (χ1v) is 12.9. The summed E-state index contributed by atoms with van der Waals surface area (Å²) in [5.41, 5.74) is -0.183. The second-order valence-electron chi connectivity index (χ2n) is 13.3. The maximum absolute atomic E-state index is 12.8. The number of ether oxygens (including phenoxy) is 2. The zero-order chi connectivity index (χ0) is 23.3. The lowest BCUT2D eigenvalue weighted by atomic mass is 9.39. The molecular formula is C27H42O5. The monoisotopic (exact) mass is 446 g/mol. The highest BCUT2D eigenvalue weighted by molar-refractivity contribution is 5.83. The van der Waals surface area contributed by atoms with Crippen molar-refractivity contribution < 1.29 is 24.2 Å². The van der Waals surface area contributed by atoms with Crippen molar-refractivity contribution in [2.75, 3.05) is 0 Å². The first kappa shape index (κ1) is 22.8. The smallest absolute Gasteiger partial charge is 0.303 e. The third kappa shape index (κ3) is 3.02. The van der Waals surface area contributed by atoms with Crippen molar-refractivity contribution in [1.82, 2.24) is 0 Å². The van der Waals surface area contributed by atoms with Crippen LogP contribution in [0.25, 0.3) is 0 Å². The zero-order valence-corrected chi connectivity index (χ0v) is 20.8. The Balaban J connectivity index is 1.49. The fourth-order valence-electron chi connectivity index (χ4n) is 10.0. The average Bonchev–Trinajstić information content (AvgIpc) is 2.85. The molecule has 1 heterocycles. The molecule has 180 valence electrons. The fourth-order valence-corrected chi connectivity index (χ4v) is 10.0. The normalized spacial score (nSPS) is 54.1. The first-order valence-electron chi connectivity index (χ1n) is 12.9. The highest BCUT2D eigenvalue weighted by Crippen LogP contribution is 2.70. The third-order valence-electron chi connectivity index (χ3n) is 10.8. The number of fused-ring (bicyclic) bond motifs is 6. The minimum Gasteiger partial charge on any atom is -0.459 e. The van der Waals surface area contributed by atoms with Gasteiger partial charge in [0.2, 0.25) is 0 Å². The van der Waals surface area contributed by atoms with E-state index in [9.17, 15) is 14.7 Å². The van der Waals surface area contributed by atoms with Gasteiger partial charge in [0, 0.05) is 25.2 Å². The third-order valence-corrected chi connectivity index (χ3v) is 10.8. The van der Waals surface area contributed by atoms with Gasteiger partial charge in [-0.2, -0.15) is 0 Å². The van der Waals surface area contributed by atoms with E-state index in [1.807, 2.05) is 6.92 Å². The van der Waals surface area contributed by atoms with Crippen molar-refractivity contribution in [3.05, 3.63) is 0 Å². The quantitative estimate of drug-likeness (QED) is 0.592. The molecule has 1 saturated heterocycles. The van der Waals surface area contributed by atoms with Crippen LogP contribution in [-0.4, -0.2) is 40.8 Å². The second-order valence-corrected chi connectivity index (χ2v) is 13.3. The minimum atomic E-state index is -0.427.